The summed E-state index contributed by atoms with van der Waals surface area (Å²) in [6.45, 7) is 0. The van der Waals surface area contributed by atoms with E-state index in [1.807, 2.05) is 12.3 Å². The van der Waals surface area contributed by atoms with Crippen LogP contribution in [-0.2, 0) is 6.42 Å². The predicted molar refractivity (Wildman–Crippen MR) is 70.0 cm³/mol. The maximum Gasteiger partial charge on any atom is 0.0701 e. The number of rotatable bonds is 4. The van der Waals surface area contributed by atoms with Gasteiger partial charge in [0.1, 0.15) is 0 Å². The lowest BCUT2D eigenvalue weighted by molar-refractivity contribution is 0.552. The molecule has 0 spiro atoms. The van der Waals surface area contributed by atoms with Gasteiger partial charge in [-0.05, 0) is 51.0 Å². The number of hydrazine groups is 1. The molecule has 1 atom stereocenters. The van der Waals surface area contributed by atoms with Gasteiger partial charge in [-0.1, -0.05) is 6.07 Å². The van der Waals surface area contributed by atoms with Crippen LogP contribution in [0.5, 0.6) is 0 Å². The molecule has 0 aliphatic carbocycles. The monoisotopic (exact) mass is 297 g/mol. The lowest BCUT2D eigenvalue weighted by Gasteiger charge is -2.14. The molecule has 0 radical (unpaired) electrons. The van der Waals surface area contributed by atoms with Gasteiger partial charge >= 0.3 is 0 Å². The van der Waals surface area contributed by atoms with Crippen LogP contribution in [-0.4, -0.2) is 4.98 Å². The Balaban J connectivity index is 2.12. The van der Waals surface area contributed by atoms with Crippen molar-refractivity contribution < 1.29 is 0 Å². The first-order valence-corrected chi connectivity index (χ1v) is 6.56. The summed E-state index contributed by atoms with van der Waals surface area (Å²) in [4.78, 5) is 4.10. The molecule has 16 heavy (non-hydrogen) atoms. The Hall–Kier alpha value is -0.750. The minimum atomic E-state index is 0.131. The Morgan fingerprint density at radius 2 is 2.44 bits per heavy atom. The third-order valence-electron chi connectivity index (χ3n) is 2.35. The van der Waals surface area contributed by atoms with Crippen LogP contribution in [0.4, 0.5) is 0 Å². The van der Waals surface area contributed by atoms with Gasteiger partial charge in [0.2, 0.25) is 0 Å². The molecule has 3 N–H and O–H groups in total. The molecule has 2 aromatic rings. The van der Waals surface area contributed by atoms with Crippen molar-refractivity contribution in [3.8, 4) is 0 Å². The quantitative estimate of drug-likeness (QED) is 0.674. The van der Waals surface area contributed by atoms with E-state index < -0.39 is 0 Å². The fourth-order valence-electron chi connectivity index (χ4n) is 1.53. The summed E-state index contributed by atoms with van der Waals surface area (Å²) in [6.07, 6.45) is 4.48. The van der Waals surface area contributed by atoms with Gasteiger partial charge in [-0.15, -0.1) is 11.3 Å². The molecule has 1 unspecified atom stereocenters. The average molecular weight is 298 g/mol. The number of halogens is 1. The Labute approximate surface area is 107 Å². The SMILES string of the molecule is NNC(Cc1cccnc1)c1csc(Br)c1. The molecule has 2 aromatic heterocycles. The number of nitrogens with one attached hydrogen (secondary N) is 1. The number of thiophene rings is 1. The van der Waals surface area contributed by atoms with Crippen LogP contribution in [0.2, 0.25) is 0 Å². The Kier molecular flexibility index (Phi) is 4.06. The molecule has 2 rings (SSSR count). The molecule has 0 saturated carbocycles. The van der Waals surface area contributed by atoms with E-state index in [1.54, 1.807) is 17.5 Å². The highest BCUT2D eigenvalue weighted by Crippen LogP contribution is 2.26. The van der Waals surface area contributed by atoms with Crippen LogP contribution in [0.1, 0.15) is 17.2 Å². The maximum atomic E-state index is 5.58. The van der Waals surface area contributed by atoms with Crippen molar-refractivity contribution in [1.82, 2.24) is 10.4 Å². The van der Waals surface area contributed by atoms with E-state index in [0.29, 0.717) is 0 Å². The zero-order valence-corrected chi connectivity index (χ0v) is 11.0. The Bertz CT molecular complexity index is 444. The van der Waals surface area contributed by atoms with Crippen molar-refractivity contribution in [3.63, 3.8) is 0 Å². The largest absolute Gasteiger partial charge is 0.271 e. The molecular formula is C11H12BrN3S. The van der Waals surface area contributed by atoms with Crippen molar-refractivity contribution in [3.05, 3.63) is 50.9 Å². The van der Waals surface area contributed by atoms with Gasteiger partial charge in [-0.3, -0.25) is 16.3 Å². The molecule has 0 bridgehead atoms. The molecule has 5 heteroatoms. The first-order chi connectivity index (χ1) is 7.79. The summed E-state index contributed by atoms with van der Waals surface area (Å²) < 4.78 is 1.12. The van der Waals surface area contributed by atoms with Gasteiger partial charge < -0.3 is 0 Å². The summed E-state index contributed by atoms with van der Waals surface area (Å²) >= 11 is 5.12. The number of nitrogens with two attached hydrogens (primary N) is 1. The van der Waals surface area contributed by atoms with E-state index >= 15 is 0 Å². The number of hydrogen-bond donors (Lipinski definition) is 2. The van der Waals surface area contributed by atoms with Crippen molar-refractivity contribution >= 4 is 27.3 Å². The highest BCUT2D eigenvalue weighted by Gasteiger charge is 2.12. The minimum Gasteiger partial charge on any atom is -0.271 e. The lowest BCUT2D eigenvalue weighted by Crippen LogP contribution is -2.29. The van der Waals surface area contributed by atoms with E-state index in [-0.39, 0.29) is 6.04 Å². The molecule has 84 valence electrons. The van der Waals surface area contributed by atoms with Gasteiger partial charge in [-0.2, -0.15) is 0 Å². The molecule has 0 aliphatic rings. The average Bonchev–Trinajstić information content (AvgIpc) is 2.74. The fraction of sp³-hybridized carbons (Fsp3) is 0.182. The number of nitrogens with zero attached hydrogens (tertiary/aromatic N) is 1. The Morgan fingerprint density at radius 1 is 1.56 bits per heavy atom. The first kappa shape index (κ1) is 11.7. The van der Waals surface area contributed by atoms with E-state index in [4.69, 9.17) is 5.84 Å². The molecule has 0 amide bonds. The van der Waals surface area contributed by atoms with Crippen LogP contribution < -0.4 is 11.3 Å². The molecule has 0 aromatic carbocycles. The Morgan fingerprint density at radius 3 is 3.00 bits per heavy atom. The lowest BCUT2D eigenvalue weighted by atomic mass is 10.0. The topological polar surface area (TPSA) is 50.9 Å². The van der Waals surface area contributed by atoms with E-state index in [0.717, 1.165) is 10.2 Å². The second kappa shape index (κ2) is 5.54. The smallest absolute Gasteiger partial charge is 0.0701 e. The van der Waals surface area contributed by atoms with E-state index in [2.05, 4.69) is 43.9 Å². The standard InChI is InChI=1S/C11H12BrN3S/c12-11-5-9(7-16-11)10(15-13)4-8-2-1-3-14-6-8/h1-3,5-7,10,15H,4,13H2. The summed E-state index contributed by atoms with van der Waals surface area (Å²) in [6, 6.07) is 6.21. The van der Waals surface area contributed by atoms with Crippen LogP contribution in [0.15, 0.2) is 39.8 Å². The van der Waals surface area contributed by atoms with E-state index in [1.165, 1.54) is 11.1 Å². The summed E-state index contributed by atoms with van der Waals surface area (Å²) in [5.74, 6) is 5.58. The summed E-state index contributed by atoms with van der Waals surface area (Å²) in [7, 11) is 0. The summed E-state index contributed by atoms with van der Waals surface area (Å²) in [5, 5.41) is 2.10. The number of pyridine rings is 1. The highest BCUT2D eigenvalue weighted by atomic mass is 79.9. The van der Waals surface area contributed by atoms with Crippen molar-refractivity contribution in [2.75, 3.05) is 0 Å². The third kappa shape index (κ3) is 2.89. The van der Waals surface area contributed by atoms with Gasteiger partial charge in [0, 0.05) is 12.4 Å². The van der Waals surface area contributed by atoms with Gasteiger partial charge in [-0.25, -0.2) is 0 Å². The second-order valence-electron chi connectivity index (χ2n) is 3.47. The molecule has 3 nitrogen and oxygen atoms in total. The van der Waals surface area contributed by atoms with Crippen molar-refractivity contribution in [2.45, 2.75) is 12.5 Å². The van der Waals surface area contributed by atoms with Crippen LogP contribution in [0, 0.1) is 0 Å². The first-order valence-electron chi connectivity index (χ1n) is 4.88. The second-order valence-corrected chi connectivity index (χ2v) is 5.76. The van der Waals surface area contributed by atoms with Gasteiger partial charge in [0.15, 0.2) is 0 Å². The molecular weight excluding hydrogens is 286 g/mol. The van der Waals surface area contributed by atoms with Gasteiger partial charge in [0.25, 0.3) is 0 Å². The number of hydrogen-bond acceptors (Lipinski definition) is 4. The molecule has 0 fully saturated rings. The molecule has 0 aliphatic heterocycles. The van der Waals surface area contributed by atoms with Crippen LogP contribution in [0.3, 0.4) is 0 Å². The predicted octanol–water partition coefficient (Wildman–Crippen LogP) is 2.65. The zero-order valence-electron chi connectivity index (χ0n) is 8.56. The summed E-state index contributed by atoms with van der Waals surface area (Å²) in [5.41, 5.74) is 5.21. The highest BCUT2D eigenvalue weighted by molar-refractivity contribution is 9.11. The zero-order chi connectivity index (χ0) is 11.4. The third-order valence-corrected chi connectivity index (χ3v) is 3.88. The van der Waals surface area contributed by atoms with Crippen LogP contribution in [0.25, 0.3) is 0 Å². The number of aromatic nitrogens is 1. The minimum absolute atomic E-state index is 0.131. The molecule has 2 heterocycles. The van der Waals surface area contributed by atoms with E-state index in [9.17, 15) is 0 Å². The normalized spacial score (nSPS) is 12.6. The maximum absolute atomic E-state index is 5.58. The van der Waals surface area contributed by atoms with Crippen LogP contribution >= 0.6 is 27.3 Å². The van der Waals surface area contributed by atoms with Crippen molar-refractivity contribution in [1.29, 1.82) is 0 Å². The molecule has 0 saturated heterocycles. The van der Waals surface area contributed by atoms with Crippen molar-refractivity contribution in [2.24, 2.45) is 5.84 Å². The van der Waals surface area contributed by atoms with Gasteiger partial charge in [0.05, 0.1) is 9.83 Å². The fourth-order valence-corrected chi connectivity index (χ4v) is 2.76.